The second kappa shape index (κ2) is 5.94. The quantitative estimate of drug-likeness (QED) is 0.767. The third-order valence-electron chi connectivity index (χ3n) is 4.22. The summed E-state index contributed by atoms with van der Waals surface area (Å²) >= 11 is 1.15. The van der Waals surface area contributed by atoms with E-state index in [1.165, 1.54) is 0 Å². The van der Waals surface area contributed by atoms with Gasteiger partial charge < -0.3 is 9.72 Å². The van der Waals surface area contributed by atoms with E-state index in [1.807, 2.05) is 0 Å². The summed E-state index contributed by atoms with van der Waals surface area (Å²) in [6.45, 7) is 0. The number of anilines is 1. The topological polar surface area (TPSA) is 59.3 Å². The average molecular weight is 348 g/mol. The Balaban J connectivity index is 1.64. The molecule has 124 valence electrons. The minimum atomic E-state index is -2.71. The number of thiazole rings is 1. The molecule has 0 saturated heterocycles. The van der Waals surface area contributed by atoms with Crippen LogP contribution in [0.1, 0.15) is 52.7 Å². The van der Waals surface area contributed by atoms with Crippen molar-refractivity contribution in [1.29, 1.82) is 0 Å². The van der Waals surface area contributed by atoms with E-state index in [2.05, 4.69) is 15.3 Å². The van der Waals surface area contributed by atoms with Crippen molar-refractivity contribution in [2.75, 3.05) is 5.32 Å². The van der Waals surface area contributed by atoms with E-state index >= 15 is 0 Å². The molecular weight excluding hydrogens is 334 g/mol. The summed E-state index contributed by atoms with van der Waals surface area (Å²) in [5.74, 6) is -0.211. The molecule has 1 N–H and O–H groups in total. The number of rotatable bonds is 4. The minimum absolute atomic E-state index is 0.132. The molecule has 4 rings (SSSR count). The Morgan fingerprint density at radius 1 is 1.38 bits per heavy atom. The molecule has 0 unspecified atom stereocenters. The highest BCUT2D eigenvalue weighted by molar-refractivity contribution is 7.16. The fourth-order valence-electron chi connectivity index (χ4n) is 2.70. The molecule has 0 bridgehead atoms. The fourth-order valence-corrected chi connectivity index (χ4v) is 3.84. The van der Waals surface area contributed by atoms with E-state index in [0.717, 1.165) is 30.6 Å². The van der Waals surface area contributed by atoms with E-state index in [9.17, 15) is 13.6 Å². The summed E-state index contributed by atoms with van der Waals surface area (Å²) < 4.78 is 28.2. The predicted molar refractivity (Wildman–Crippen MR) is 86.8 cm³/mol. The van der Waals surface area contributed by atoms with E-state index in [1.54, 1.807) is 35.1 Å². The van der Waals surface area contributed by atoms with Gasteiger partial charge in [-0.05, 0) is 25.0 Å². The maximum atomic E-state index is 13.2. The third kappa shape index (κ3) is 2.56. The van der Waals surface area contributed by atoms with Crippen molar-refractivity contribution in [1.82, 2.24) is 14.4 Å². The van der Waals surface area contributed by atoms with Crippen molar-refractivity contribution in [3.63, 3.8) is 0 Å². The second-order valence-electron chi connectivity index (χ2n) is 5.73. The van der Waals surface area contributed by atoms with Crippen LogP contribution in [0.4, 0.5) is 13.8 Å². The Bertz CT molecular complexity index is 901. The van der Waals surface area contributed by atoms with Crippen LogP contribution in [0.3, 0.4) is 0 Å². The van der Waals surface area contributed by atoms with Gasteiger partial charge in [-0.2, -0.15) is 0 Å². The number of alkyl halides is 2. The number of halogens is 2. The largest absolute Gasteiger partial charge is 0.312 e. The van der Waals surface area contributed by atoms with Crippen molar-refractivity contribution in [2.45, 2.75) is 31.6 Å². The number of carbonyl (C=O) groups excluding carboxylic acids is 1. The predicted octanol–water partition coefficient (Wildman–Crippen LogP) is 4.25. The Morgan fingerprint density at radius 3 is 2.92 bits per heavy atom. The van der Waals surface area contributed by atoms with Crippen molar-refractivity contribution >= 4 is 27.9 Å². The summed E-state index contributed by atoms with van der Waals surface area (Å²) in [7, 11) is 0. The molecule has 24 heavy (non-hydrogen) atoms. The first-order valence-corrected chi connectivity index (χ1v) is 8.47. The Morgan fingerprint density at radius 2 is 2.21 bits per heavy atom. The lowest BCUT2D eigenvalue weighted by Gasteiger charge is -2.22. The Labute approximate surface area is 140 Å². The molecule has 1 amide bonds. The van der Waals surface area contributed by atoms with Gasteiger partial charge in [-0.25, -0.2) is 18.7 Å². The molecule has 0 atom stereocenters. The highest BCUT2D eigenvalue weighted by atomic mass is 32.1. The van der Waals surface area contributed by atoms with E-state index in [4.69, 9.17) is 0 Å². The average Bonchev–Trinajstić information content (AvgIpc) is 3.09. The van der Waals surface area contributed by atoms with Gasteiger partial charge in [0.2, 0.25) is 0 Å². The summed E-state index contributed by atoms with van der Waals surface area (Å²) in [4.78, 5) is 20.7. The van der Waals surface area contributed by atoms with Crippen LogP contribution in [0.2, 0.25) is 0 Å². The van der Waals surface area contributed by atoms with Gasteiger partial charge in [-0.3, -0.25) is 4.79 Å². The molecule has 3 heterocycles. The smallest absolute Gasteiger partial charge is 0.283 e. The van der Waals surface area contributed by atoms with Crippen molar-refractivity contribution in [2.24, 2.45) is 0 Å². The zero-order valence-corrected chi connectivity index (χ0v) is 13.4. The third-order valence-corrected chi connectivity index (χ3v) is 5.37. The van der Waals surface area contributed by atoms with E-state index < -0.39 is 12.3 Å². The standard InChI is InChI=1S/C16H14F2N4OS/c17-12(18)11-16(24-15(20-11)9-3-1-4-9)21-14(23)10-5-8-22-7-2-6-19-13(10)22/h2,5-9,12H,1,3-4H2,(H,21,23). The molecule has 0 aliphatic heterocycles. The normalized spacial score (nSPS) is 15.0. The van der Waals surface area contributed by atoms with Crippen LogP contribution in [0.15, 0.2) is 30.7 Å². The summed E-state index contributed by atoms with van der Waals surface area (Å²) in [6.07, 6.45) is 5.38. The number of amides is 1. The zero-order valence-electron chi connectivity index (χ0n) is 12.6. The molecule has 5 nitrogen and oxygen atoms in total. The van der Waals surface area contributed by atoms with Crippen molar-refractivity contribution in [3.05, 3.63) is 47.0 Å². The number of aromatic nitrogens is 3. The van der Waals surface area contributed by atoms with Crippen LogP contribution >= 0.6 is 11.3 Å². The first-order valence-electron chi connectivity index (χ1n) is 7.65. The van der Waals surface area contributed by atoms with Gasteiger partial charge in [0.25, 0.3) is 12.3 Å². The van der Waals surface area contributed by atoms with Crippen LogP contribution < -0.4 is 5.32 Å². The summed E-state index contributed by atoms with van der Waals surface area (Å²) in [5, 5.41) is 3.41. The maximum absolute atomic E-state index is 13.2. The van der Waals surface area contributed by atoms with Crippen LogP contribution in [-0.4, -0.2) is 20.3 Å². The van der Waals surface area contributed by atoms with Gasteiger partial charge in [0.05, 0.1) is 10.6 Å². The van der Waals surface area contributed by atoms with Gasteiger partial charge in [0.1, 0.15) is 16.3 Å². The maximum Gasteiger partial charge on any atom is 0.283 e. The lowest BCUT2D eigenvalue weighted by molar-refractivity contribution is 0.102. The summed E-state index contributed by atoms with van der Waals surface area (Å²) in [6, 6.07) is 3.37. The van der Waals surface area contributed by atoms with Crippen LogP contribution in [-0.2, 0) is 0 Å². The number of nitrogens with zero attached hydrogens (tertiary/aromatic N) is 3. The Hall–Kier alpha value is -2.35. The molecule has 3 aromatic rings. The van der Waals surface area contributed by atoms with Gasteiger partial charge in [0.15, 0.2) is 0 Å². The Kier molecular flexibility index (Phi) is 3.76. The molecule has 1 saturated carbocycles. The zero-order chi connectivity index (χ0) is 16.7. The van der Waals surface area contributed by atoms with E-state index in [-0.39, 0.29) is 16.6 Å². The fraction of sp³-hybridized carbons (Fsp3) is 0.312. The molecule has 0 aromatic carbocycles. The molecule has 3 aromatic heterocycles. The second-order valence-corrected chi connectivity index (χ2v) is 6.76. The number of nitrogens with one attached hydrogen (secondary N) is 1. The highest BCUT2D eigenvalue weighted by Crippen LogP contribution is 2.42. The lowest BCUT2D eigenvalue weighted by Crippen LogP contribution is -2.12. The SMILES string of the molecule is O=C(Nc1sc(C2CCC2)nc1C(F)F)c1ccn2cccnc12. The van der Waals surface area contributed by atoms with Gasteiger partial charge in [-0.15, -0.1) is 11.3 Å². The van der Waals surface area contributed by atoms with Crippen LogP contribution in [0.25, 0.3) is 5.65 Å². The van der Waals surface area contributed by atoms with Gasteiger partial charge in [-0.1, -0.05) is 6.42 Å². The van der Waals surface area contributed by atoms with E-state index in [0.29, 0.717) is 16.2 Å². The molecule has 8 heteroatoms. The van der Waals surface area contributed by atoms with Crippen LogP contribution in [0.5, 0.6) is 0 Å². The molecule has 0 spiro atoms. The molecule has 0 radical (unpaired) electrons. The first kappa shape index (κ1) is 15.2. The number of hydrogen-bond acceptors (Lipinski definition) is 4. The van der Waals surface area contributed by atoms with Crippen molar-refractivity contribution in [3.8, 4) is 0 Å². The van der Waals surface area contributed by atoms with Crippen molar-refractivity contribution < 1.29 is 13.6 Å². The molecule has 1 aliphatic carbocycles. The minimum Gasteiger partial charge on any atom is -0.312 e. The number of fused-ring (bicyclic) bond motifs is 1. The first-order chi connectivity index (χ1) is 11.6. The highest BCUT2D eigenvalue weighted by Gasteiger charge is 2.28. The monoisotopic (exact) mass is 348 g/mol. The van der Waals surface area contributed by atoms with Crippen LogP contribution in [0, 0.1) is 0 Å². The molecular formula is C16H14F2N4OS. The number of carbonyl (C=O) groups is 1. The molecule has 1 aliphatic rings. The van der Waals surface area contributed by atoms with Gasteiger partial charge in [0, 0.05) is 24.5 Å². The number of hydrogen-bond donors (Lipinski definition) is 1. The summed E-state index contributed by atoms with van der Waals surface area (Å²) in [5.41, 5.74) is 0.485. The van der Waals surface area contributed by atoms with Gasteiger partial charge >= 0.3 is 0 Å². The lowest BCUT2D eigenvalue weighted by atomic mass is 9.86. The molecule has 1 fully saturated rings.